The Labute approximate surface area is 209 Å². The summed E-state index contributed by atoms with van der Waals surface area (Å²) in [7, 11) is 0. The zero-order chi connectivity index (χ0) is 24.6. The second kappa shape index (κ2) is 11.8. The van der Waals surface area contributed by atoms with E-state index in [1.165, 1.54) is 30.1 Å². The minimum Gasteiger partial charge on any atom is -0.459 e. The van der Waals surface area contributed by atoms with Crippen LogP contribution in [0.4, 0.5) is 5.69 Å². The van der Waals surface area contributed by atoms with Crippen LogP contribution in [0.2, 0.25) is 0 Å². The molecule has 2 N–H and O–H groups in total. The first kappa shape index (κ1) is 24.7. The maximum absolute atomic E-state index is 13.8. The molecule has 8 heteroatoms. The molecular formula is C27H31N3O4S. The Balaban J connectivity index is 1.66. The van der Waals surface area contributed by atoms with E-state index in [0.717, 1.165) is 36.1 Å². The molecule has 1 fully saturated rings. The van der Waals surface area contributed by atoms with E-state index < -0.39 is 11.9 Å². The Hall–Kier alpha value is -3.39. The van der Waals surface area contributed by atoms with Crippen molar-refractivity contribution in [2.45, 2.75) is 57.5 Å². The van der Waals surface area contributed by atoms with Crippen LogP contribution in [0.1, 0.15) is 66.1 Å². The van der Waals surface area contributed by atoms with Gasteiger partial charge < -0.3 is 15.1 Å². The molecule has 2 heterocycles. The predicted molar refractivity (Wildman–Crippen MR) is 136 cm³/mol. The lowest BCUT2D eigenvalue weighted by molar-refractivity contribution is -0.126. The third kappa shape index (κ3) is 6.00. The molecule has 0 aliphatic heterocycles. The largest absolute Gasteiger partial charge is 0.459 e. The Morgan fingerprint density at radius 2 is 1.86 bits per heavy atom. The third-order valence-corrected chi connectivity index (χ3v) is 7.24. The normalized spacial score (nSPS) is 14.8. The molecule has 1 unspecified atom stereocenters. The van der Waals surface area contributed by atoms with Gasteiger partial charge in [0.05, 0.1) is 12.8 Å². The van der Waals surface area contributed by atoms with E-state index in [4.69, 9.17) is 4.42 Å². The minimum atomic E-state index is -0.836. The molecule has 3 amide bonds. The molecule has 1 saturated carbocycles. The van der Waals surface area contributed by atoms with Gasteiger partial charge in [-0.2, -0.15) is 0 Å². The Kier molecular flexibility index (Phi) is 8.36. The zero-order valence-electron chi connectivity index (χ0n) is 19.9. The van der Waals surface area contributed by atoms with Crippen molar-refractivity contribution < 1.29 is 18.8 Å². The molecule has 35 heavy (non-hydrogen) atoms. The Bertz CT molecular complexity index is 1120. The Morgan fingerprint density at radius 3 is 2.54 bits per heavy atom. The highest BCUT2D eigenvalue weighted by atomic mass is 32.1. The topological polar surface area (TPSA) is 91.7 Å². The van der Waals surface area contributed by atoms with Gasteiger partial charge in [-0.15, -0.1) is 11.3 Å². The molecule has 1 aromatic carbocycles. The molecule has 1 atom stereocenters. The van der Waals surface area contributed by atoms with Crippen molar-refractivity contribution in [3.05, 3.63) is 76.4 Å². The summed E-state index contributed by atoms with van der Waals surface area (Å²) >= 11 is 1.44. The quantitative estimate of drug-likeness (QED) is 0.445. The van der Waals surface area contributed by atoms with Gasteiger partial charge in [0, 0.05) is 16.6 Å². The van der Waals surface area contributed by atoms with Crippen LogP contribution in [-0.2, 0) is 16.0 Å². The molecule has 0 spiro atoms. The fraction of sp³-hybridized carbons (Fsp3) is 0.370. The maximum atomic E-state index is 13.8. The molecule has 0 radical (unpaired) electrons. The molecule has 3 aromatic rings. The number of thiophene rings is 1. The smallest absolute Gasteiger partial charge is 0.287 e. The Morgan fingerprint density at radius 1 is 1.06 bits per heavy atom. The number of para-hydroxylation sites is 1. The van der Waals surface area contributed by atoms with Crippen LogP contribution in [0.3, 0.4) is 0 Å². The van der Waals surface area contributed by atoms with E-state index in [1.54, 1.807) is 11.0 Å². The number of anilines is 1. The number of furan rings is 1. The molecule has 184 valence electrons. The molecule has 0 bridgehead atoms. The molecule has 2 aromatic heterocycles. The van der Waals surface area contributed by atoms with Gasteiger partial charge in [-0.1, -0.05) is 50.5 Å². The van der Waals surface area contributed by atoms with Crippen molar-refractivity contribution >= 4 is 34.7 Å². The van der Waals surface area contributed by atoms with Gasteiger partial charge >= 0.3 is 0 Å². The highest BCUT2D eigenvalue weighted by Gasteiger charge is 2.35. The molecule has 0 saturated heterocycles. The lowest BCUT2D eigenvalue weighted by Gasteiger charge is -2.33. The molecule has 1 aliphatic rings. The first-order valence-corrected chi connectivity index (χ1v) is 13.0. The van der Waals surface area contributed by atoms with Crippen LogP contribution in [-0.4, -0.2) is 30.3 Å². The van der Waals surface area contributed by atoms with Gasteiger partial charge in [0.15, 0.2) is 5.76 Å². The number of aryl methyl sites for hydroxylation is 1. The van der Waals surface area contributed by atoms with Crippen LogP contribution in [0, 0.1) is 0 Å². The van der Waals surface area contributed by atoms with Gasteiger partial charge in [0.25, 0.3) is 5.91 Å². The first-order valence-electron chi connectivity index (χ1n) is 12.1. The van der Waals surface area contributed by atoms with Crippen molar-refractivity contribution in [2.75, 3.05) is 11.4 Å². The van der Waals surface area contributed by atoms with Crippen molar-refractivity contribution in [3.63, 3.8) is 0 Å². The fourth-order valence-corrected chi connectivity index (χ4v) is 5.36. The number of amides is 3. The summed E-state index contributed by atoms with van der Waals surface area (Å²) in [6.07, 6.45) is 7.36. The summed E-state index contributed by atoms with van der Waals surface area (Å²) < 4.78 is 5.14. The van der Waals surface area contributed by atoms with E-state index in [0.29, 0.717) is 12.1 Å². The monoisotopic (exact) mass is 493 g/mol. The van der Waals surface area contributed by atoms with E-state index >= 15 is 0 Å². The summed E-state index contributed by atoms with van der Waals surface area (Å²) in [6, 6.07) is 13.8. The lowest BCUT2D eigenvalue weighted by atomic mass is 9.95. The average Bonchev–Trinajstić information content (AvgIpc) is 3.61. The van der Waals surface area contributed by atoms with Crippen molar-refractivity contribution in [1.29, 1.82) is 0 Å². The predicted octanol–water partition coefficient (Wildman–Crippen LogP) is 4.86. The number of hydrogen-bond donors (Lipinski definition) is 2. The highest BCUT2D eigenvalue weighted by molar-refractivity contribution is 7.10. The molecule has 1 aliphatic carbocycles. The highest BCUT2D eigenvalue weighted by Crippen LogP contribution is 2.33. The van der Waals surface area contributed by atoms with Gasteiger partial charge in [-0.3, -0.25) is 19.3 Å². The summed E-state index contributed by atoms with van der Waals surface area (Å²) in [6.45, 7) is 1.75. The van der Waals surface area contributed by atoms with Crippen LogP contribution in [0.15, 0.2) is 64.6 Å². The molecule has 4 rings (SSSR count). The molecule has 7 nitrogen and oxygen atoms in total. The second-order valence-corrected chi connectivity index (χ2v) is 9.65. The van der Waals surface area contributed by atoms with E-state index in [-0.39, 0.29) is 30.2 Å². The van der Waals surface area contributed by atoms with Crippen LogP contribution < -0.4 is 15.5 Å². The molecular weight excluding hydrogens is 462 g/mol. The van der Waals surface area contributed by atoms with Crippen LogP contribution in [0.25, 0.3) is 0 Å². The number of rotatable bonds is 9. The van der Waals surface area contributed by atoms with Crippen LogP contribution >= 0.6 is 11.3 Å². The van der Waals surface area contributed by atoms with Gasteiger partial charge in [0.1, 0.15) is 6.04 Å². The van der Waals surface area contributed by atoms with Crippen molar-refractivity contribution in [3.8, 4) is 0 Å². The minimum absolute atomic E-state index is 0.107. The zero-order valence-corrected chi connectivity index (χ0v) is 20.7. The SMILES string of the molecule is CCc1ccccc1N(C(=O)CNC(=O)c1ccco1)C(C(=O)NC1CCCCC1)c1cccs1. The third-order valence-electron chi connectivity index (χ3n) is 6.32. The number of carbonyl (C=O) groups excluding carboxylic acids is 3. The summed E-state index contributed by atoms with van der Waals surface area (Å²) in [5.74, 6) is -0.923. The number of nitrogens with zero attached hydrogens (tertiary/aromatic N) is 1. The van der Waals surface area contributed by atoms with Gasteiger partial charge in [0.2, 0.25) is 11.8 Å². The standard InChI is InChI=1S/C27H31N3O4S/c1-2-19-10-6-7-13-21(19)30(24(31)18-28-26(32)22-14-8-16-34-22)25(23-15-9-17-35-23)27(33)29-20-11-4-3-5-12-20/h6-10,13-17,20,25H,2-5,11-12,18H2,1H3,(H,28,32)(H,29,33). The van der Waals surface area contributed by atoms with E-state index in [1.807, 2.05) is 48.7 Å². The van der Waals surface area contributed by atoms with Crippen molar-refractivity contribution in [2.24, 2.45) is 0 Å². The maximum Gasteiger partial charge on any atom is 0.287 e. The fourth-order valence-electron chi connectivity index (χ4n) is 4.55. The summed E-state index contributed by atoms with van der Waals surface area (Å²) in [4.78, 5) is 42.2. The number of hydrogen-bond acceptors (Lipinski definition) is 5. The van der Waals surface area contributed by atoms with Gasteiger partial charge in [-0.25, -0.2) is 0 Å². The summed E-state index contributed by atoms with van der Waals surface area (Å²) in [5, 5.41) is 7.76. The lowest BCUT2D eigenvalue weighted by Crippen LogP contribution is -2.49. The van der Waals surface area contributed by atoms with Crippen LogP contribution in [0.5, 0.6) is 0 Å². The van der Waals surface area contributed by atoms with E-state index in [9.17, 15) is 14.4 Å². The average molecular weight is 494 g/mol. The second-order valence-electron chi connectivity index (χ2n) is 8.67. The van der Waals surface area contributed by atoms with Gasteiger partial charge in [-0.05, 0) is 54.5 Å². The van der Waals surface area contributed by atoms with E-state index in [2.05, 4.69) is 10.6 Å². The first-order chi connectivity index (χ1) is 17.1. The summed E-state index contributed by atoms with van der Waals surface area (Å²) in [5.41, 5.74) is 1.62. The number of carbonyl (C=O) groups is 3. The number of benzene rings is 1. The van der Waals surface area contributed by atoms with Crippen molar-refractivity contribution in [1.82, 2.24) is 10.6 Å². The number of nitrogens with one attached hydrogen (secondary N) is 2.